The number of sulfonamides is 1. The fourth-order valence-electron chi connectivity index (χ4n) is 3.06. The summed E-state index contributed by atoms with van der Waals surface area (Å²) in [5, 5.41) is 0. The molecule has 1 aliphatic rings. The Labute approximate surface area is 175 Å². The maximum atomic E-state index is 13.2. The van der Waals surface area contributed by atoms with Gasteiger partial charge in [-0.25, -0.2) is 8.42 Å². The fraction of sp³-hybridized carbons (Fsp3) is 0. The Hall–Kier alpha value is -3.10. The van der Waals surface area contributed by atoms with E-state index in [1.54, 1.807) is 60.9 Å². The van der Waals surface area contributed by atoms with Gasteiger partial charge < -0.3 is 0 Å². The predicted octanol–water partition coefficient (Wildman–Crippen LogP) is 2.96. The first kappa shape index (κ1) is 19.2. The third-order valence-corrected chi connectivity index (χ3v) is 6.32. The molecule has 144 valence electrons. The van der Waals surface area contributed by atoms with Gasteiger partial charge in [0.15, 0.2) is 18.1 Å². The van der Waals surface area contributed by atoms with Gasteiger partial charge in [0.2, 0.25) is 5.78 Å². The van der Waals surface area contributed by atoms with Crippen LogP contribution in [0.2, 0.25) is 0 Å². The number of nitrogens with zero attached hydrogens (tertiary/aromatic N) is 1. The fourth-order valence-corrected chi connectivity index (χ4v) is 4.39. The minimum Gasteiger partial charge on any atom is -0.287 e. The van der Waals surface area contributed by atoms with E-state index in [0.29, 0.717) is 4.47 Å². The van der Waals surface area contributed by atoms with Crippen LogP contribution in [0.25, 0.3) is 5.70 Å². The lowest BCUT2D eigenvalue weighted by Crippen LogP contribution is -2.44. The maximum absolute atomic E-state index is 13.2. The van der Waals surface area contributed by atoms with E-state index in [-0.39, 0.29) is 27.4 Å². The van der Waals surface area contributed by atoms with E-state index >= 15 is 0 Å². The molecule has 0 bridgehead atoms. The monoisotopic (exact) mass is 469 g/mol. The van der Waals surface area contributed by atoms with Gasteiger partial charge in [0.05, 0.1) is 4.90 Å². The smallest absolute Gasteiger partial charge is 0.287 e. The molecular weight excluding hydrogens is 456 g/mol. The van der Waals surface area contributed by atoms with E-state index in [4.69, 9.17) is 0 Å². The second-order valence-electron chi connectivity index (χ2n) is 6.27. The Morgan fingerprint density at radius 3 is 1.97 bits per heavy atom. The molecule has 3 aromatic rings. The average molecular weight is 470 g/mol. The van der Waals surface area contributed by atoms with Crippen molar-refractivity contribution in [2.24, 2.45) is 0 Å². The Balaban J connectivity index is 1.90. The van der Waals surface area contributed by atoms with Crippen LogP contribution in [0.4, 0.5) is 0 Å². The number of carbonyl (C=O) groups is 2. The van der Waals surface area contributed by atoms with Gasteiger partial charge in [0, 0.05) is 27.7 Å². The van der Waals surface area contributed by atoms with Crippen molar-refractivity contribution in [3.63, 3.8) is 0 Å². The van der Waals surface area contributed by atoms with Crippen LogP contribution in [-0.2, 0) is 10.0 Å². The molecular formula is C21H14BrN2O4S+. The molecule has 0 fully saturated rings. The lowest BCUT2D eigenvalue weighted by atomic mass is 9.90. The summed E-state index contributed by atoms with van der Waals surface area (Å²) < 4.78 is 30.3. The summed E-state index contributed by atoms with van der Waals surface area (Å²) in [6, 6.07) is 17.5. The van der Waals surface area contributed by atoms with E-state index in [1.165, 1.54) is 22.8 Å². The summed E-state index contributed by atoms with van der Waals surface area (Å²) in [7, 11) is -4.09. The molecule has 0 atom stereocenters. The average Bonchev–Trinajstić information content (AvgIpc) is 2.73. The molecule has 0 radical (unpaired) electrons. The SMILES string of the molecule is O=C1C(NS(=O)(=O)c2ccc(Br)cc2)=C([n+]2ccccc2)C(=O)c2ccccc21. The molecule has 1 heterocycles. The zero-order valence-corrected chi connectivity index (χ0v) is 17.3. The summed E-state index contributed by atoms with van der Waals surface area (Å²) in [6.45, 7) is 0. The number of benzene rings is 2. The number of pyridine rings is 1. The maximum Gasteiger partial charge on any atom is 0.287 e. The molecule has 0 unspecified atom stereocenters. The number of carbonyl (C=O) groups excluding carboxylic acids is 2. The van der Waals surface area contributed by atoms with Gasteiger partial charge in [0.25, 0.3) is 21.5 Å². The van der Waals surface area contributed by atoms with Crippen LogP contribution in [-0.4, -0.2) is 20.0 Å². The Kier molecular flexibility index (Phi) is 4.89. The highest BCUT2D eigenvalue weighted by atomic mass is 79.9. The number of allylic oxidation sites excluding steroid dienone is 2. The van der Waals surface area contributed by atoms with Crippen molar-refractivity contribution in [3.8, 4) is 0 Å². The molecule has 2 aromatic carbocycles. The first-order chi connectivity index (χ1) is 13.9. The summed E-state index contributed by atoms with van der Waals surface area (Å²) >= 11 is 3.26. The van der Waals surface area contributed by atoms with E-state index in [0.717, 1.165) is 0 Å². The molecule has 6 nitrogen and oxygen atoms in total. The molecule has 0 spiro atoms. The molecule has 0 saturated heterocycles. The van der Waals surface area contributed by atoms with E-state index in [1.807, 2.05) is 0 Å². The van der Waals surface area contributed by atoms with Crippen molar-refractivity contribution < 1.29 is 22.6 Å². The first-order valence-electron chi connectivity index (χ1n) is 8.56. The van der Waals surface area contributed by atoms with Gasteiger partial charge >= 0.3 is 0 Å². The predicted molar refractivity (Wildman–Crippen MR) is 109 cm³/mol. The molecule has 1 aliphatic carbocycles. The highest BCUT2D eigenvalue weighted by Gasteiger charge is 2.40. The van der Waals surface area contributed by atoms with Gasteiger partial charge in [-0.3, -0.25) is 14.3 Å². The molecule has 8 heteroatoms. The number of Topliss-reactive ketones (excluding diaryl/α,β-unsaturated/α-hetero) is 2. The topological polar surface area (TPSA) is 84.2 Å². The van der Waals surface area contributed by atoms with E-state index < -0.39 is 21.6 Å². The second-order valence-corrected chi connectivity index (χ2v) is 8.87. The normalized spacial score (nSPS) is 14.0. The first-order valence-corrected chi connectivity index (χ1v) is 10.8. The molecule has 4 rings (SSSR count). The number of hydrogen-bond donors (Lipinski definition) is 1. The zero-order chi connectivity index (χ0) is 20.6. The zero-order valence-electron chi connectivity index (χ0n) is 14.9. The van der Waals surface area contributed by atoms with Crippen molar-refractivity contribution in [3.05, 3.63) is 100 Å². The lowest BCUT2D eigenvalue weighted by molar-refractivity contribution is -0.577. The van der Waals surface area contributed by atoms with Gasteiger partial charge in [-0.15, -0.1) is 0 Å². The van der Waals surface area contributed by atoms with Gasteiger partial charge in [0.1, 0.15) is 0 Å². The summed E-state index contributed by atoms with van der Waals surface area (Å²) in [5.74, 6) is -1.00. The summed E-state index contributed by atoms with van der Waals surface area (Å²) in [6.07, 6.45) is 3.17. The Bertz CT molecular complexity index is 1270. The van der Waals surface area contributed by atoms with Crippen molar-refractivity contribution in [2.75, 3.05) is 0 Å². The lowest BCUT2D eigenvalue weighted by Gasteiger charge is -2.18. The van der Waals surface area contributed by atoms with Crippen LogP contribution >= 0.6 is 15.9 Å². The number of rotatable bonds is 4. The minimum atomic E-state index is -4.09. The van der Waals surface area contributed by atoms with Crippen LogP contribution < -0.4 is 9.29 Å². The number of aromatic nitrogens is 1. The van der Waals surface area contributed by atoms with Crippen molar-refractivity contribution in [1.29, 1.82) is 0 Å². The van der Waals surface area contributed by atoms with Crippen molar-refractivity contribution >= 4 is 43.2 Å². The van der Waals surface area contributed by atoms with Crippen molar-refractivity contribution in [2.45, 2.75) is 4.90 Å². The third kappa shape index (κ3) is 3.52. The summed E-state index contributed by atoms with van der Waals surface area (Å²) in [4.78, 5) is 26.3. The number of nitrogens with one attached hydrogen (secondary N) is 1. The van der Waals surface area contributed by atoms with Crippen LogP contribution in [0.3, 0.4) is 0 Å². The van der Waals surface area contributed by atoms with E-state index in [9.17, 15) is 18.0 Å². The van der Waals surface area contributed by atoms with E-state index in [2.05, 4.69) is 20.7 Å². The molecule has 1 N–H and O–H groups in total. The third-order valence-electron chi connectivity index (χ3n) is 4.43. The quantitative estimate of drug-likeness (QED) is 0.595. The Morgan fingerprint density at radius 1 is 0.759 bits per heavy atom. The molecule has 0 amide bonds. The van der Waals surface area contributed by atoms with Gasteiger partial charge in [-0.1, -0.05) is 46.3 Å². The highest BCUT2D eigenvalue weighted by Crippen LogP contribution is 2.26. The van der Waals surface area contributed by atoms with Crippen LogP contribution in [0.1, 0.15) is 20.7 Å². The largest absolute Gasteiger partial charge is 0.287 e. The number of hydrogen-bond acceptors (Lipinski definition) is 4. The molecule has 0 saturated carbocycles. The van der Waals surface area contributed by atoms with Crippen LogP contribution in [0.15, 0.2) is 94.2 Å². The molecule has 1 aromatic heterocycles. The highest BCUT2D eigenvalue weighted by molar-refractivity contribution is 9.10. The number of fused-ring (bicyclic) bond motifs is 1. The van der Waals surface area contributed by atoms with Crippen molar-refractivity contribution in [1.82, 2.24) is 4.72 Å². The van der Waals surface area contributed by atoms with Gasteiger partial charge in [-0.2, -0.15) is 4.57 Å². The number of halogens is 1. The van der Waals surface area contributed by atoms with Crippen LogP contribution in [0.5, 0.6) is 0 Å². The molecule has 0 aliphatic heterocycles. The Morgan fingerprint density at radius 2 is 1.34 bits per heavy atom. The molecule has 29 heavy (non-hydrogen) atoms. The second kappa shape index (κ2) is 7.38. The van der Waals surface area contributed by atoms with Gasteiger partial charge in [-0.05, 0) is 24.3 Å². The summed E-state index contributed by atoms with van der Waals surface area (Å²) in [5.41, 5.74) is 0.0598. The minimum absolute atomic E-state index is 0.0234. The van der Waals surface area contributed by atoms with Crippen LogP contribution in [0, 0.1) is 0 Å². The number of ketones is 2. The standard InChI is InChI=1S/C21H13BrN2O4S/c22-14-8-10-15(11-9-14)29(27,28)23-18-19(24-12-4-1-5-13-24)21(26)17-7-3-2-6-16(17)20(18)25/h1-13H/p+1.